The fourth-order valence-electron chi connectivity index (χ4n) is 1.34. The summed E-state index contributed by atoms with van der Waals surface area (Å²) in [5, 5.41) is 2.57. The van der Waals surface area contributed by atoms with Gasteiger partial charge in [0.2, 0.25) is 11.8 Å². The van der Waals surface area contributed by atoms with Crippen LogP contribution in [-0.4, -0.2) is 25.0 Å². The van der Waals surface area contributed by atoms with Crippen molar-refractivity contribution in [3.8, 4) is 0 Å². The van der Waals surface area contributed by atoms with Crippen molar-refractivity contribution in [3.05, 3.63) is 35.9 Å². The number of carbonyl (C=O) groups is 2. The predicted octanol–water partition coefficient (Wildman–Crippen LogP) is 0.975. The first-order chi connectivity index (χ1) is 9.18. The Morgan fingerprint density at radius 2 is 1.95 bits per heavy atom. The molecule has 0 spiro atoms. The molecule has 19 heavy (non-hydrogen) atoms. The van der Waals surface area contributed by atoms with Crippen LogP contribution in [0.4, 0.5) is 0 Å². The van der Waals surface area contributed by atoms with Crippen molar-refractivity contribution >= 4 is 11.8 Å². The zero-order valence-corrected chi connectivity index (χ0v) is 10.9. The summed E-state index contributed by atoms with van der Waals surface area (Å²) in [6, 6.07) is 9.93. The van der Waals surface area contributed by atoms with Crippen molar-refractivity contribution < 1.29 is 14.3 Å². The van der Waals surface area contributed by atoms with Crippen molar-refractivity contribution in [1.82, 2.24) is 5.32 Å². The number of ether oxygens (including phenoxy) is 1. The number of hydrogen-bond donors (Lipinski definition) is 2. The van der Waals surface area contributed by atoms with E-state index in [0.29, 0.717) is 26.1 Å². The standard InChI is InChI=1S/C11H15NO2.C3H5NO/c12-11(13)7-4-8-14-9-10-5-2-1-3-6-10;5-3-1-2-4-3/h1-3,5-6H,4,7-9H2,(H2,12,13);1-2H2,(H,4,5). The zero-order valence-electron chi connectivity index (χ0n) is 10.9. The Morgan fingerprint density at radius 3 is 2.42 bits per heavy atom. The number of primary amides is 1. The van der Waals surface area contributed by atoms with Crippen LogP contribution in [0.3, 0.4) is 0 Å². The van der Waals surface area contributed by atoms with E-state index in [4.69, 9.17) is 10.5 Å². The molecule has 1 saturated heterocycles. The fraction of sp³-hybridized carbons (Fsp3) is 0.429. The molecule has 1 fully saturated rings. The molecule has 0 bridgehead atoms. The van der Waals surface area contributed by atoms with Gasteiger partial charge in [0.1, 0.15) is 0 Å². The molecule has 0 unspecified atom stereocenters. The van der Waals surface area contributed by atoms with Crippen molar-refractivity contribution in [3.63, 3.8) is 0 Å². The van der Waals surface area contributed by atoms with Gasteiger partial charge >= 0.3 is 0 Å². The lowest BCUT2D eigenvalue weighted by atomic mass is 10.2. The van der Waals surface area contributed by atoms with E-state index in [-0.39, 0.29) is 11.8 Å². The largest absolute Gasteiger partial charge is 0.377 e. The summed E-state index contributed by atoms with van der Waals surface area (Å²) in [6.07, 6.45) is 1.83. The van der Waals surface area contributed by atoms with Crippen molar-refractivity contribution in [1.29, 1.82) is 0 Å². The molecule has 1 heterocycles. The summed E-state index contributed by atoms with van der Waals surface area (Å²) < 4.78 is 5.36. The van der Waals surface area contributed by atoms with Gasteiger partial charge < -0.3 is 15.8 Å². The first kappa shape index (κ1) is 15.2. The highest BCUT2D eigenvalue weighted by molar-refractivity contribution is 5.81. The minimum Gasteiger partial charge on any atom is -0.377 e. The lowest BCUT2D eigenvalue weighted by molar-refractivity contribution is -0.125. The molecule has 0 saturated carbocycles. The van der Waals surface area contributed by atoms with Crippen LogP contribution < -0.4 is 11.1 Å². The number of carbonyl (C=O) groups excluding carboxylic acids is 2. The number of nitrogens with two attached hydrogens (primary N) is 1. The van der Waals surface area contributed by atoms with Crippen LogP contribution >= 0.6 is 0 Å². The maximum atomic E-state index is 10.4. The Balaban J connectivity index is 0.000000300. The summed E-state index contributed by atoms with van der Waals surface area (Å²) in [5.41, 5.74) is 6.14. The highest BCUT2D eigenvalue weighted by Gasteiger charge is 2.07. The molecule has 2 amide bonds. The van der Waals surface area contributed by atoms with E-state index in [1.165, 1.54) is 0 Å². The van der Waals surface area contributed by atoms with Crippen LogP contribution in [0.25, 0.3) is 0 Å². The van der Waals surface area contributed by atoms with Gasteiger partial charge in [0.15, 0.2) is 0 Å². The fourth-order valence-corrected chi connectivity index (χ4v) is 1.34. The molecule has 5 heteroatoms. The van der Waals surface area contributed by atoms with Gasteiger partial charge in [-0.15, -0.1) is 0 Å². The van der Waals surface area contributed by atoms with E-state index < -0.39 is 0 Å². The molecule has 0 radical (unpaired) electrons. The molecule has 2 rings (SSSR count). The minimum absolute atomic E-state index is 0.185. The van der Waals surface area contributed by atoms with E-state index in [0.717, 1.165) is 18.5 Å². The normalized spacial score (nSPS) is 12.7. The lowest BCUT2D eigenvalue weighted by Gasteiger charge is -2.10. The van der Waals surface area contributed by atoms with E-state index in [1.807, 2.05) is 30.3 Å². The minimum atomic E-state index is -0.270. The molecule has 0 aromatic heterocycles. The number of amides is 2. The lowest BCUT2D eigenvalue weighted by Crippen LogP contribution is -2.37. The molecule has 5 nitrogen and oxygen atoms in total. The van der Waals surface area contributed by atoms with Gasteiger partial charge in [-0.1, -0.05) is 30.3 Å². The first-order valence-corrected chi connectivity index (χ1v) is 6.35. The van der Waals surface area contributed by atoms with Gasteiger partial charge in [-0.2, -0.15) is 0 Å². The van der Waals surface area contributed by atoms with Crippen LogP contribution in [0.1, 0.15) is 24.8 Å². The summed E-state index contributed by atoms with van der Waals surface area (Å²) >= 11 is 0. The third-order valence-corrected chi connectivity index (χ3v) is 2.50. The summed E-state index contributed by atoms with van der Waals surface area (Å²) in [5.74, 6) is -0.0849. The van der Waals surface area contributed by atoms with E-state index in [2.05, 4.69) is 5.32 Å². The van der Waals surface area contributed by atoms with Crippen LogP contribution in [-0.2, 0) is 20.9 Å². The predicted molar refractivity (Wildman–Crippen MR) is 72.2 cm³/mol. The molecule has 1 aliphatic heterocycles. The molecule has 0 atom stereocenters. The SMILES string of the molecule is NC(=O)CCCOCc1ccccc1.O=C1CCN1. The third kappa shape index (κ3) is 7.94. The van der Waals surface area contributed by atoms with Crippen molar-refractivity contribution in [2.45, 2.75) is 25.9 Å². The third-order valence-electron chi connectivity index (χ3n) is 2.50. The molecular weight excluding hydrogens is 244 g/mol. The van der Waals surface area contributed by atoms with Gasteiger partial charge in [-0.25, -0.2) is 0 Å². The Labute approximate surface area is 113 Å². The molecule has 0 aliphatic carbocycles. The quantitative estimate of drug-likeness (QED) is 0.593. The molecular formula is C14H20N2O3. The second-order valence-electron chi connectivity index (χ2n) is 4.21. The van der Waals surface area contributed by atoms with Gasteiger partial charge in [0, 0.05) is 26.0 Å². The molecule has 1 aliphatic rings. The summed E-state index contributed by atoms with van der Waals surface area (Å²) in [6.45, 7) is 2.07. The number of nitrogens with one attached hydrogen (secondary N) is 1. The smallest absolute Gasteiger partial charge is 0.221 e. The van der Waals surface area contributed by atoms with Gasteiger partial charge in [-0.05, 0) is 12.0 Å². The zero-order chi connectivity index (χ0) is 13.9. The number of hydrogen-bond acceptors (Lipinski definition) is 3. The van der Waals surface area contributed by atoms with E-state index in [1.54, 1.807) is 0 Å². The maximum Gasteiger partial charge on any atom is 0.221 e. The topological polar surface area (TPSA) is 81.4 Å². The van der Waals surface area contributed by atoms with Gasteiger partial charge in [-0.3, -0.25) is 9.59 Å². The first-order valence-electron chi connectivity index (χ1n) is 6.35. The van der Waals surface area contributed by atoms with Crippen molar-refractivity contribution in [2.75, 3.05) is 13.2 Å². The van der Waals surface area contributed by atoms with Crippen LogP contribution in [0.15, 0.2) is 30.3 Å². The molecule has 3 N–H and O–H groups in total. The Kier molecular flexibility index (Phi) is 7.27. The molecule has 104 valence electrons. The molecule has 1 aromatic rings. The summed E-state index contributed by atoms with van der Waals surface area (Å²) in [7, 11) is 0. The van der Waals surface area contributed by atoms with Crippen molar-refractivity contribution in [2.24, 2.45) is 5.73 Å². The number of benzene rings is 1. The van der Waals surface area contributed by atoms with E-state index >= 15 is 0 Å². The Morgan fingerprint density at radius 1 is 1.32 bits per heavy atom. The second-order valence-corrected chi connectivity index (χ2v) is 4.21. The van der Waals surface area contributed by atoms with Crippen LogP contribution in [0, 0.1) is 0 Å². The van der Waals surface area contributed by atoms with Gasteiger partial charge in [0.25, 0.3) is 0 Å². The maximum absolute atomic E-state index is 10.4. The van der Waals surface area contributed by atoms with Gasteiger partial charge in [0.05, 0.1) is 6.61 Å². The monoisotopic (exact) mass is 264 g/mol. The number of β-lactam (4-membered cyclic amide) rings is 1. The van der Waals surface area contributed by atoms with Crippen LogP contribution in [0.2, 0.25) is 0 Å². The number of rotatable bonds is 6. The highest BCUT2D eigenvalue weighted by Crippen LogP contribution is 2.01. The molecule has 1 aromatic carbocycles. The van der Waals surface area contributed by atoms with Crippen LogP contribution in [0.5, 0.6) is 0 Å². The highest BCUT2D eigenvalue weighted by atomic mass is 16.5. The van der Waals surface area contributed by atoms with E-state index in [9.17, 15) is 9.59 Å². The second kappa shape index (κ2) is 9.10. The Bertz CT molecular complexity index is 387. The average molecular weight is 264 g/mol. The average Bonchev–Trinajstić information content (AvgIpc) is 2.37. The summed E-state index contributed by atoms with van der Waals surface area (Å²) in [4.78, 5) is 20.2. The Hall–Kier alpha value is -1.88.